The highest BCUT2D eigenvalue weighted by Gasteiger charge is 2.14. The van der Waals surface area contributed by atoms with Crippen molar-refractivity contribution in [2.24, 2.45) is 5.92 Å². The summed E-state index contributed by atoms with van der Waals surface area (Å²) in [6, 6.07) is 5.31. The molecule has 0 amide bonds. The Balaban J connectivity index is 2.87. The first-order valence-electron chi connectivity index (χ1n) is 6.27. The predicted molar refractivity (Wildman–Crippen MR) is 77.6 cm³/mol. The number of hydrogen-bond donors (Lipinski definition) is 2. The summed E-state index contributed by atoms with van der Waals surface area (Å²) in [5, 5.41) is 8.44. The summed E-state index contributed by atoms with van der Waals surface area (Å²) in [5.41, 5.74) is 0.218. The van der Waals surface area contributed by atoms with Crippen molar-refractivity contribution in [2.75, 3.05) is 6.54 Å². The van der Waals surface area contributed by atoms with Crippen LogP contribution >= 0.6 is 0 Å². The van der Waals surface area contributed by atoms with E-state index in [9.17, 15) is 18.0 Å². The number of hydrogen-bond acceptors (Lipinski definition) is 4. The lowest BCUT2D eigenvalue weighted by Crippen LogP contribution is -2.27. The van der Waals surface area contributed by atoms with Crippen LogP contribution in [-0.2, 0) is 14.8 Å². The van der Waals surface area contributed by atoms with Crippen molar-refractivity contribution in [1.82, 2.24) is 4.72 Å². The minimum Gasteiger partial charge on any atom is -0.478 e. The number of carboxylic acids is 1. The van der Waals surface area contributed by atoms with Crippen LogP contribution in [0.2, 0.25) is 0 Å². The van der Waals surface area contributed by atoms with E-state index in [0.29, 0.717) is 6.54 Å². The normalized spacial score (nSPS) is 12.0. The van der Waals surface area contributed by atoms with Crippen LogP contribution in [0.4, 0.5) is 0 Å². The van der Waals surface area contributed by atoms with Crippen molar-refractivity contribution in [3.8, 4) is 0 Å². The number of aliphatic carboxylic acids is 1. The Hall–Kier alpha value is -1.99. The molecule has 0 aliphatic carbocycles. The smallest absolute Gasteiger partial charge is 0.328 e. The molecule has 1 aromatic carbocycles. The van der Waals surface area contributed by atoms with Crippen LogP contribution in [0.3, 0.4) is 0 Å². The van der Waals surface area contributed by atoms with Gasteiger partial charge in [-0.1, -0.05) is 13.8 Å². The van der Waals surface area contributed by atoms with Gasteiger partial charge in [-0.3, -0.25) is 4.79 Å². The minimum atomic E-state index is -3.60. The van der Waals surface area contributed by atoms with Gasteiger partial charge in [-0.25, -0.2) is 17.9 Å². The molecule has 0 atom stereocenters. The maximum atomic E-state index is 11.9. The molecule has 114 valence electrons. The van der Waals surface area contributed by atoms with Crippen molar-refractivity contribution < 1.29 is 23.1 Å². The van der Waals surface area contributed by atoms with Gasteiger partial charge in [0.15, 0.2) is 5.78 Å². The lowest BCUT2D eigenvalue weighted by molar-refractivity contribution is -0.131. The van der Waals surface area contributed by atoms with E-state index in [4.69, 9.17) is 5.11 Å². The molecule has 0 bridgehead atoms. The molecule has 0 fully saturated rings. The van der Waals surface area contributed by atoms with Gasteiger partial charge in [-0.2, -0.15) is 0 Å². The van der Waals surface area contributed by atoms with Gasteiger partial charge < -0.3 is 5.11 Å². The third-order valence-electron chi connectivity index (χ3n) is 2.51. The van der Waals surface area contributed by atoms with Crippen LogP contribution < -0.4 is 4.72 Å². The highest BCUT2D eigenvalue weighted by molar-refractivity contribution is 7.89. The van der Waals surface area contributed by atoms with Crippen LogP contribution in [-0.4, -0.2) is 31.8 Å². The standard InChI is InChI=1S/C14H17NO5S/c1-10(2)9-15-21(19,20)12-5-3-11(4-6-12)13(16)7-8-14(17)18/h3-8,10,15H,9H2,1-2H3,(H,17,18)/b8-7+. The number of rotatable bonds is 7. The van der Waals surface area contributed by atoms with Gasteiger partial charge in [0.2, 0.25) is 10.0 Å². The number of ketones is 1. The molecule has 0 unspecified atom stereocenters. The summed E-state index contributed by atoms with van der Waals surface area (Å²) in [6.45, 7) is 4.10. The molecule has 7 heteroatoms. The SMILES string of the molecule is CC(C)CNS(=O)(=O)c1ccc(C(=O)/C=C/C(=O)O)cc1. The van der Waals surface area contributed by atoms with Crippen molar-refractivity contribution in [1.29, 1.82) is 0 Å². The Morgan fingerprint density at radius 1 is 1.19 bits per heavy atom. The second-order valence-electron chi connectivity index (χ2n) is 4.81. The Morgan fingerprint density at radius 3 is 2.24 bits per heavy atom. The molecule has 0 aromatic heterocycles. The zero-order valence-corrected chi connectivity index (χ0v) is 12.6. The molecule has 0 spiro atoms. The summed E-state index contributed by atoms with van der Waals surface area (Å²) >= 11 is 0. The molecular formula is C14H17NO5S. The van der Waals surface area contributed by atoms with Gasteiger partial charge in [0, 0.05) is 18.2 Å². The van der Waals surface area contributed by atoms with Gasteiger partial charge in [-0.15, -0.1) is 0 Å². The van der Waals surface area contributed by atoms with Gasteiger partial charge in [0.25, 0.3) is 0 Å². The van der Waals surface area contributed by atoms with Crippen LogP contribution in [0.5, 0.6) is 0 Å². The molecule has 0 saturated carbocycles. The van der Waals surface area contributed by atoms with Crippen molar-refractivity contribution >= 4 is 21.8 Å². The fourth-order valence-electron chi connectivity index (χ4n) is 1.40. The molecule has 0 radical (unpaired) electrons. The van der Waals surface area contributed by atoms with Crippen molar-refractivity contribution in [3.63, 3.8) is 0 Å². The number of carbonyl (C=O) groups is 2. The number of nitrogens with one attached hydrogen (secondary N) is 1. The molecule has 21 heavy (non-hydrogen) atoms. The lowest BCUT2D eigenvalue weighted by Gasteiger charge is -2.09. The maximum absolute atomic E-state index is 11.9. The van der Waals surface area contributed by atoms with E-state index in [1.807, 2.05) is 13.8 Å². The van der Waals surface area contributed by atoms with Gasteiger partial charge in [-0.05, 0) is 36.3 Å². The Kier molecular flexibility index (Phi) is 5.80. The number of sulfonamides is 1. The first-order chi connectivity index (χ1) is 9.72. The molecule has 1 rings (SSSR count). The monoisotopic (exact) mass is 311 g/mol. The van der Waals surface area contributed by atoms with Gasteiger partial charge in [0.1, 0.15) is 0 Å². The van der Waals surface area contributed by atoms with Gasteiger partial charge >= 0.3 is 5.97 Å². The zero-order valence-electron chi connectivity index (χ0n) is 11.7. The Labute approximate surface area is 123 Å². The quantitative estimate of drug-likeness (QED) is 0.586. The number of carboxylic acid groups (broad SMARTS) is 1. The molecule has 0 aliphatic heterocycles. The Morgan fingerprint density at radius 2 is 1.76 bits per heavy atom. The third kappa shape index (κ3) is 5.49. The summed E-state index contributed by atoms with van der Waals surface area (Å²) in [4.78, 5) is 22.0. The number of carbonyl (C=O) groups excluding carboxylic acids is 1. The second-order valence-corrected chi connectivity index (χ2v) is 6.57. The molecule has 0 saturated heterocycles. The summed E-state index contributed by atoms with van der Waals surface area (Å²) in [7, 11) is -3.60. The highest BCUT2D eigenvalue weighted by Crippen LogP contribution is 2.11. The van der Waals surface area contributed by atoms with Crippen molar-refractivity contribution in [2.45, 2.75) is 18.7 Å². The van der Waals surface area contributed by atoms with E-state index in [-0.39, 0.29) is 16.4 Å². The maximum Gasteiger partial charge on any atom is 0.328 e. The van der Waals surface area contributed by atoms with E-state index in [1.54, 1.807) is 0 Å². The van der Waals surface area contributed by atoms with Crippen molar-refractivity contribution in [3.05, 3.63) is 42.0 Å². The van der Waals surface area contributed by atoms with Crippen LogP contribution in [0.15, 0.2) is 41.3 Å². The van der Waals surface area contributed by atoms with Crippen LogP contribution in [0, 0.1) is 5.92 Å². The van der Waals surface area contributed by atoms with E-state index < -0.39 is 21.8 Å². The second kappa shape index (κ2) is 7.14. The molecular weight excluding hydrogens is 294 g/mol. The van der Waals surface area contributed by atoms with Crippen LogP contribution in [0.25, 0.3) is 0 Å². The summed E-state index contributed by atoms with van der Waals surface area (Å²) in [5.74, 6) is -1.54. The Bertz CT molecular complexity index is 644. The average Bonchev–Trinajstić information content (AvgIpc) is 2.43. The first-order valence-corrected chi connectivity index (χ1v) is 7.76. The van der Waals surface area contributed by atoms with Crippen LogP contribution in [0.1, 0.15) is 24.2 Å². The average molecular weight is 311 g/mol. The topological polar surface area (TPSA) is 101 Å². The summed E-state index contributed by atoms with van der Waals surface area (Å²) < 4.78 is 26.3. The van der Waals surface area contributed by atoms with E-state index in [1.165, 1.54) is 24.3 Å². The zero-order chi connectivity index (χ0) is 16.0. The number of allylic oxidation sites excluding steroid dienone is 1. The first kappa shape index (κ1) is 17.1. The molecule has 2 N–H and O–H groups in total. The molecule has 0 aliphatic rings. The van der Waals surface area contributed by atoms with E-state index in [2.05, 4.69) is 4.72 Å². The summed E-state index contributed by atoms with van der Waals surface area (Å²) in [6.07, 6.45) is 1.65. The van der Waals surface area contributed by atoms with E-state index >= 15 is 0 Å². The highest BCUT2D eigenvalue weighted by atomic mass is 32.2. The third-order valence-corrected chi connectivity index (χ3v) is 3.95. The minimum absolute atomic E-state index is 0.0573. The molecule has 1 aromatic rings. The fraction of sp³-hybridized carbons (Fsp3) is 0.286. The molecule has 0 heterocycles. The lowest BCUT2D eigenvalue weighted by atomic mass is 10.1. The fourth-order valence-corrected chi connectivity index (χ4v) is 2.62. The largest absolute Gasteiger partial charge is 0.478 e. The van der Waals surface area contributed by atoms with E-state index in [0.717, 1.165) is 12.2 Å². The number of benzene rings is 1. The predicted octanol–water partition coefficient (Wildman–Crippen LogP) is 1.44. The molecule has 6 nitrogen and oxygen atoms in total. The van der Waals surface area contributed by atoms with Gasteiger partial charge in [0.05, 0.1) is 4.90 Å².